The van der Waals surface area contributed by atoms with E-state index in [4.69, 9.17) is 23.3 Å². The molecule has 1 aliphatic carbocycles. The summed E-state index contributed by atoms with van der Waals surface area (Å²) in [5.41, 5.74) is 1.82. The van der Waals surface area contributed by atoms with E-state index in [-0.39, 0.29) is 42.0 Å². The minimum Gasteiger partial charge on any atom is -0.421 e. The third-order valence-electron chi connectivity index (χ3n) is 7.47. The molecule has 0 spiro atoms. The minimum atomic E-state index is -3.75. The molecule has 0 radical (unpaired) electrons. The van der Waals surface area contributed by atoms with Crippen molar-refractivity contribution in [3.8, 4) is 11.8 Å². The molecule has 2 fully saturated rings. The topological polar surface area (TPSA) is 137 Å². The number of fused-ring (bicyclic) bond motifs is 4. The van der Waals surface area contributed by atoms with Gasteiger partial charge in [0.1, 0.15) is 23.1 Å². The Bertz CT molecular complexity index is 1650. The monoisotopic (exact) mass is 599 g/mol. The van der Waals surface area contributed by atoms with E-state index in [9.17, 15) is 8.96 Å². The van der Waals surface area contributed by atoms with Crippen LogP contribution in [0.5, 0.6) is 11.8 Å². The van der Waals surface area contributed by atoms with Crippen LogP contribution in [0.15, 0.2) is 24.5 Å². The molecule has 3 atom stereocenters. The highest BCUT2D eigenvalue weighted by Crippen LogP contribution is 2.58. The van der Waals surface area contributed by atoms with Gasteiger partial charge in [-0.3, -0.25) is 13.6 Å². The van der Waals surface area contributed by atoms with Crippen LogP contribution in [0.25, 0.3) is 21.9 Å². The first kappa shape index (κ1) is 28.7. The molecule has 3 aromatic heterocycles. The van der Waals surface area contributed by atoms with Crippen LogP contribution in [0.4, 0.5) is 15.9 Å². The lowest BCUT2D eigenvalue weighted by molar-refractivity contribution is -0.0298. The molecule has 1 aromatic carbocycles. The number of hydrogen-bond donors (Lipinski definition) is 2. The SMILES string of the molecule is CNc1cc(F)cc2c1[nH]c1nc(Oc3cnc(C)nc3)nc(N3CC4CC(OP(=O)(OC(C)C)OC(C)C)C4C3)c12. The fraction of sp³-hybridized carbons (Fsp3) is 0.500. The molecule has 6 rings (SSSR count). The molecule has 2 aliphatic rings. The summed E-state index contributed by atoms with van der Waals surface area (Å²) in [5.74, 6) is 1.61. The zero-order valence-corrected chi connectivity index (χ0v) is 25.3. The molecular weight excluding hydrogens is 564 g/mol. The molecule has 1 aliphatic heterocycles. The summed E-state index contributed by atoms with van der Waals surface area (Å²) < 4.78 is 51.4. The van der Waals surface area contributed by atoms with Gasteiger partial charge in [0.25, 0.3) is 0 Å². The van der Waals surface area contributed by atoms with E-state index in [1.165, 1.54) is 12.1 Å². The van der Waals surface area contributed by atoms with Crippen LogP contribution in [0.3, 0.4) is 0 Å². The predicted molar refractivity (Wildman–Crippen MR) is 156 cm³/mol. The highest BCUT2D eigenvalue weighted by Gasteiger charge is 2.52. The van der Waals surface area contributed by atoms with Crippen LogP contribution < -0.4 is 15.0 Å². The Morgan fingerprint density at radius 1 is 1.10 bits per heavy atom. The van der Waals surface area contributed by atoms with Crippen LogP contribution in [-0.2, 0) is 18.1 Å². The lowest BCUT2D eigenvalue weighted by atomic mass is 9.74. The molecule has 42 heavy (non-hydrogen) atoms. The van der Waals surface area contributed by atoms with Gasteiger partial charge < -0.3 is 19.9 Å². The summed E-state index contributed by atoms with van der Waals surface area (Å²) in [4.78, 5) is 23.3. The summed E-state index contributed by atoms with van der Waals surface area (Å²) in [5, 5.41) is 4.39. The number of aromatic amines is 1. The average Bonchev–Trinajstić information content (AvgIpc) is 3.44. The number of aromatic nitrogens is 5. The van der Waals surface area contributed by atoms with Crippen molar-refractivity contribution in [2.75, 3.05) is 30.4 Å². The second-order valence-corrected chi connectivity index (χ2v) is 12.9. The number of hydrogen-bond acceptors (Lipinski definition) is 11. The minimum absolute atomic E-state index is 0.0829. The Labute approximate surface area is 243 Å². The number of halogens is 1. The smallest absolute Gasteiger partial charge is 0.421 e. The van der Waals surface area contributed by atoms with E-state index in [0.29, 0.717) is 64.5 Å². The van der Waals surface area contributed by atoms with E-state index < -0.39 is 7.82 Å². The normalized spacial score (nSPS) is 20.5. The Kier molecular flexibility index (Phi) is 7.55. The van der Waals surface area contributed by atoms with Crippen molar-refractivity contribution < 1.29 is 27.3 Å². The van der Waals surface area contributed by atoms with Gasteiger partial charge in [0.15, 0.2) is 5.75 Å². The first-order chi connectivity index (χ1) is 20.0. The fourth-order valence-electron chi connectivity index (χ4n) is 5.73. The van der Waals surface area contributed by atoms with Crippen molar-refractivity contribution >= 4 is 41.3 Å². The number of ether oxygens (including phenoxy) is 1. The Morgan fingerprint density at radius 3 is 2.48 bits per heavy atom. The highest BCUT2D eigenvalue weighted by molar-refractivity contribution is 7.48. The summed E-state index contributed by atoms with van der Waals surface area (Å²) in [7, 11) is -2.01. The standard InChI is InChI=1S/C28H35FN7O5P/c1-14(2)39-42(37,40-15(3)4)41-23-7-17-12-36(13-21(17)23)27-24-20-8-18(29)9-22(30-6)25(20)33-26(24)34-28(35-27)38-19-10-31-16(5)32-11-19/h8-11,14-15,17,21,23,30H,7,12-13H2,1-6H3,(H,33,34,35). The number of rotatable bonds is 10. The first-order valence-corrected chi connectivity index (χ1v) is 15.6. The van der Waals surface area contributed by atoms with Gasteiger partial charge in [-0.05, 0) is 59.1 Å². The molecule has 3 unspecified atom stereocenters. The van der Waals surface area contributed by atoms with Crippen molar-refractivity contribution in [2.45, 2.75) is 59.4 Å². The van der Waals surface area contributed by atoms with Gasteiger partial charge >= 0.3 is 13.8 Å². The Hall–Kier alpha value is -3.38. The van der Waals surface area contributed by atoms with Gasteiger partial charge in [-0.2, -0.15) is 9.97 Å². The number of nitrogens with one attached hydrogen (secondary N) is 2. The van der Waals surface area contributed by atoms with Crippen LogP contribution >= 0.6 is 7.82 Å². The number of anilines is 2. The number of phosphoric acid groups is 1. The molecule has 14 heteroatoms. The molecule has 1 saturated heterocycles. The second-order valence-electron chi connectivity index (χ2n) is 11.3. The van der Waals surface area contributed by atoms with Gasteiger partial charge in [-0.25, -0.2) is 18.9 Å². The molecule has 2 N–H and O–H groups in total. The molecular formula is C28H35FN7O5P. The molecule has 224 valence electrons. The second kappa shape index (κ2) is 11.0. The Balaban J connectivity index is 1.35. The predicted octanol–water partition coefficient (Wildman–Crippen LogP) is 5.98. The van der Waals surface area contributed by atoms with Crippen LogP contribution in [-0.4, -0.2) is 63.4 Å². The lowest BCUT2D eigenvalue weighted by Crippen LogP contribution is -2.42. The molecule has 0 amide bonds. The maximum absolute atomic E-state index is 14.7. The van der Waals surface area contributed by atoms with Gasteiger partial charge in [-0.1, -0.05) is 0 Å². The van der Waals surface area contributed by atoms with Crippen LogP contribution in [0.2, 0.25) is 0 Å². The summed E-state index contributed by atoms with van der Waals surface area (Å²) in [6, 6.07) is 3.02. The third kappa shape index (κ3) is 5.54. The fourth-order valence-corrected chi connectivity index (χ4v) is 7.49. The van der Waals surface area contributed by atoms with Gasteiger partial charge in [-0.15, -0.1) is 0 Å². The zero-order valence-electron chi connectivity index (χ0n) is 24.4. The van der Waals surface area contributed by atoms with Gasteiger partial charge in [0.2, 0.25) is 0 Å². The number of H-pyrrole nitrogens is 1. The van der Waals surface area contributed by atoms with E-state index in [1.54, 1.807) is 54.1 Å². The summed E-state index contributed by atoms with van der Waals surface area (Å²) in [6.07, 6.45) is 2.90. The van der Waals surface area contributed by atoms with E-state index in [2.05, 4.69) is 30.2 Å². The maximum atomic E-state index is 14.7. The molecule has 0 bridgehead atoms. The highest BCUT2D eigenvalue weighted by atomic mass is 31.2. The van der Waals surface area contributed by atoms with E-state index >= 15 is 0 Å². The quantitative estimate of drug-likeness (QED) is 0.208. The van der Waals surface area contributed by atoms with Crippen LogP contribution in [0, 0.1) is 24.6 Å². The zero-order chi connectivity index (χ0) is 29.8. The van der Waals surface area contributed by atoms with Crippen molar-refractivity contribution in [1.29, 1.82) is 0 Å². The molecule has 4 heterocycles. The van der Waals surface area contributed by atoms with Crippen molar-refractivity contribution in [3.63, 3.8) is 0 Å². The average molecular weight is 600 g/mol. The van der Waals surface area contributed by atoms with Crippen LogP contribution in [0.1, 0.15) is 39.9 Å². The number of nitrogens with zero attached hydrogens (tertiary/aromatic N) is 5. The van der Waals surface area contributed by atoms with Gasteiger partial charge in [0, 0.05) is 31.4 Å². The molecule has 1 saturated carbocycles. The molecule has 12 nitrogen and oxygen atoms in total. The third-order valence-corrected chi connectivity index (χ3v) is 9.36. The number of benzene rings is 1. The summed E-state index contributed by atoms with van der Waals surface area (Å²) in [6.45, 7) is 10.2. The van der Waals surface area contributed by atoms with Crippen molar-refractivity contribution in [1.82, 2.24) is 24.9 Å². The van der Waals surface area contributed by atoms with Gasteiger partial charge in [0.05, 0.1) is 47.3 Å². The van der Waals surface area contributed by atoms with Crippen molar-refractivity contribution in [3.05, 3.63) is 36.2 Å². The largest absolute Gasteiger partial charge is 0.475 e. The lowest BCUT2D eigenvalue weighted by Gasteiger charge is -2.40. The van der Waals surface area contributed by atoms with E-state index in [1.807, 2.05) is 0 Å². The van der Waals surface area contributed by atoms with Crippen molar-refractivity contribution in [2.24, 2.45) is 11.8 Å². The maximum Gasteiger partial charge on any atom is 0.475 e. The van der Waals surface area contributed by atoms with E-state index in [0.717, 1.165) is 0 Å². The summed E-state index contributed by atoms with van der Waals surface area (Å²) >= 11 is 0. The number of phosphoric ester groups is 1. The molecule has 4 aromatic rings. The number of aryl methyl sites for hydroxylation is 1. The Morgan fingerprint density at radius 2 is 1.81 bits per heavy atom. The first-order valence-electron chi connectivity index (χ1n) is 14.1.